The number of amides is 1. The second-order valence-corrected chi connectivity index (χ2v) is 5.23. The van der Waals surface area contributed by atoms with Gasteiger partial charge in [-0.05, 0) is 12.1 Å². The summed E-state index contributed by atoms with van der Waals surface area (Å²) in [5.74, 6) is -3.92. The molecular weight excluding hydrogens is 242 g/mol. The second-order valence-electron chi connectivity index (χ2n) is 3.09. The Kier molecular flexibility index (Phi) is 3.53. The third kappa shape index (κ3) is 3.89. The van der Waals surface area contributed by atoms with Crippen molar-refractivity contribution in [1.82, 2.24) is 4.98 Å². The summed E-state index contributed by atoms with van der Waals surface area (Å²) in [5.41, 5.74) is -0.366. The number of pyridine rings is 1. The van der Waals surface area contributed by atoms with Gasteiger partial charge in [0.05, 0.1) is 5.69 Å². The number of anilines is 1. The number of nitrogens with one attached hydrogen (secondary N) is 1. The molecule has 0 unspecified atom stereocenters. The van der Waals surface area contributed by atoms with Crippen LogP contribution in [0.1, 0.15) is 0 Å². The number of sulfone groups is 1. The van der Waals surface area contributed by atoms with Crippen LogP contribution in [0.15, 0.2) is 12.1 Å². The molecule has 1 heterocycles. The predicted octanol–water partition coefficient (Wildman–Crippen LogP) is 0.343. The van der Waals surface area contributed by atoms with E-state index in [1.54, 1.807) is 0 Å². The van der Waals surface area contributed by atoms with Gasteiger partial charge in [0.25, 0.3) is 0 Å². The fraction of sp³-hybridized carbons (Fsp3) is 0.250. The molecule has 1 aromatic rings. The van der Waals surface area contributed by atoms with Gasteiger partial charge in [0.1, 0.15) is 5.75 Å². The Morgan fingerprint density at radius 2 is 2.06 bits per heavy atom. The van der Waals surface area contributed by atoms with Gasteiger partial charge >= 0.3 is 0 Å². The zero-order chi connectivity index (χ0) is 12.3. The number of carbonyl (C=O) groups excluding carboxylic acids is 1. The molecule has 0 aliphatic heterocycles. The van der Waals surface area contributed by atoms with Gasteiger partial charge in [-0.15, -0.1) is 0 Å². The number of halogens is 2. The SMILES string of the molecule is CS(=O)(=O)CC(=O)Nc1ccc(F)nc1F. The summed E-state index contributed by atoms with van der Waals surface area (Å²) < 4.78 is 46.8. The molecule has 16 heavy (non-hydrogen) atoms. The van der Waals surface area contributed by atoms with Crippen molar-refractivity contribution in [3.05, 3.63) is 24.0 Å². The summed E-state index contributed by atoms with van der Waals surface area (Å²) in [6.07, 6.45) is 0.867. The number of hydrogen-bond donors (Lipinski definition) is 1. The topological polar surface area (TPSA) is 76.1 Å². The zero-order valence-electron chi connectivity index (χ0n) is 8.20. The highest BCUT2D eigenvalue weighted by atomic mass is 32.2. The van der Waals surface area contributed by atoms with Gasteiger partial charge in [0.15, 0.2) is 9.84 Å². The van der Waals surface area contributed by atoms with Crippen molar-refractivity contribution in [3.8, 4) is 0 Å². The molecule has 1 aromatic heterocycles. The molecule has 0 fully saturated rings. The van der Waals surface area contributed by atoms with Gasteiger partial charge in [0.2, 0.25) is 17.8 Å². The van der Waals surface area contributed by atoms with Crippen LogP contribution in [-0.4, -0.2) is 31.3 Å². The van der Waals surface area contributed by atoms with Crippen LogP contribution in [0.2, 0.25) is 0 Å². The van der Waals surface area contributed by atoms with Crippen LogP contribution in [-0.2, 0) is 14.6 Å². The lowest BCUT2D eigenvalue weighted by molar-refractivity contribution is -0.113. The van der Waals surface area contributed by atoms with Crippen molar-refractivity contribution in [1.29, 1.82) is 0 Å². The highest BCUT2D eigenvalue weighted by Crippen LogP contribution is 2.11. The van der Waals surface area contributed by atoms with Crippen molar-refractivity contribution >= 4 is 21.4 Å². The fourth-order valence-corrected chi connectivity index (χ4v) is 1.48. The van der Waals surface area contributed by atoms with Gasteiger partial charge < -0.3 is 5.32 Å². The molecule has 0 saturated heterocycles. The van der Waals surface area contributed by atoms with E-state index in [0.717, 1.165) is 18.4 Å². The minimum atomic E-state index is -3.49. The first-order valence-electron chi connectivity index (χ1n) is 4.07. The van der Waals surface area contributed by atoms with Crippen molar-refractivity contribution in [2.75, 3.05) is 17.3 Å². The first kappa shape index (κ1) is 12.5. The van der Waals surface area contributed by atoms with Crippen LogP contribution < -0.4 is 5.32 Å². The molecule has 8 heteroatoms. The monoisotopic (exact) mass is 250 g/mol. The minimum Gasteiger partial charge on any atom is -0.321 e. The van der Waals surface area contributed by atoms with Gasteiger partial charge in [-0.1, -0.05) is 0 Å². The molecule has 0 aromatic carbocycles. The molecule has 0 radical (unpaired) electrons. The van der Waals surface area contributed by atoms with E-state index in [1.165, 1.54) is 0 Å². The number of carbonyl (C=O) groups is 1. The average molecular weight is 250 g/mol. The molecule has 5 nitrogen and oxygen atoms in total. The summed E-state index contributed by atoms with van der Waals surface area (Å²) in [7, 11) is -3.49. The van der Waals surface area contributed by atoms with E-state index in [2.05, 4.69) is 4.98 Å². The van der Waals surface area contributed by atoms with E-state index in [4.69, 9.17) is 0 Å². The molecule has 0 bridgehead atoms. The molecule has 1 rings (SSSR count). The van der Waals surface area contributed by atoms with Gasteiger partial charge in [-0.2, -0.15) is 13.8 Å². The Bertz CT molecular complexity index is 516. The third-order valence-corrected chi connectivity index (χ3v) is 2.27. The highest BCUT2D eigenvalue weighted by molar-refractivity contribution is 7.91. The highest BCUT2D eigenvalue weighted by Gasteiger charge is 2.13. The van der Waals surface area contributed by atoms with Crippen LogP contribution in [0.25, 0.3) is 0 Å². The lowest BCUT2D eigenvalue weighted by atomic mass is 10.4. The maximum Gasteiger partial charge on any atom is 0.239 e. The van der Waals surface area contributed by atoms with Crippen LogP contribution >= 0.6 is 0 Å². The summed E-state index contributed by atoms with van der Waals surface area (Å²) in [4.78, 5) is 13.9. The van der Waals surface area contributed by atoms with Crippen LogP contribution in [0.4, 0.5) is 14.5 Å². The average Bonchev–Trinajstić information content (AvgIpc) is 2.06. The van der Waals surface area contributed by atoms with Crippen LogP contribution in [0, 0.1) is 11.9 Å². The molecule has 0 aliphatic carbocycles. The lowest BCUT2D eigenvalue weighted by Gasteiger charge is -2.04. The Hall–Kier alpha value is -1.57. The molecule has 88 valence electrons. The van der Waals surface area contributed by atoms with Gasteiger partial charge in [0, 0.05) is 6.26 Å². The zero-order valence-corrected chi connectivity index (χ0v) is 9.01. The normalized spacial score (nSPS) is 11.2. The van der Waals surface area contributed by atoms with Crippen molar-refractivity contribution in [2.45, 2.75) is 0 Å². The predicted molar refractivity (Wildman–Crippen MR) is 52.5 cm³/mol. The van der Waals surface area contributed by atoms with Crippen molar-refractivity contribution < 1.29 is 22.0 Å². The Labute approximate surface area is 90.4 Å². The molecule has 0 spiro atoms. The van der Waals surface area contributed by atoms with Gasteiger partial charge in [-0.25, -0.2) is 8.42 Å². The number of hydrogen-bond acceptors (Lipinski definition) is 4. The molecule has 0 atom stereocenters. The molecule has 1 amide bonds. The number of rotatable bonds is 3. The Morgan fingerprint density at radius 3 is 2.56 bits per heavy atom. The maximum absolute atomic E-state index is 12.9. The summed E-state index contributed by atoms with van der Waals surface area (Å²) in [5, 5.41) is 1.97. The Balaban J connectivity index is 2.78. The summed E-state index contributed by atoms with van der Waals surface area (Å²) in [6, 6.07) is 1.80. The minimum absolute atomic E-state index is 0.366. The first-order valence-corrected chi connectivity index (χ1v) is 6.13. The van der Waals surface area contributed by atoms with Crippen LogP contribution in [0.3, 0.4) is 0 Å². The quantitative estimate of drug-likeness (QED) is 0.785. The molecule has 1 N–H and O–H groups in total. The largest absolute Gasteiger partial charge is 0.321 e. The second kappa shape index (κ2) is 4.52. The molecule has 0 saturated carbocycles. The maximum atomic E-state index is 12.9. The lowest BCUT2D eigenvalue weighted by Crippen LogP contribution is -2.22. The van der Waals surface area contributed by atoms with Gasteiger partial charge in [-0.3, -0.25) is 4.79 Å². The standard InChI is InChI=1S/C8H8F2N2O3S/c1-16(14,15)4-7(13)11-5-2-3-6(9)12-8(5)10/h2-3H,4H2,1H3,(H,11,13). The van der Waals surface area contributed by atoms with E-state index >= 15 is 0 Å². The van der Waals surface area contributed by atoms with Crippen molar-refractivity contribution in [2.24, 2.45) is 0 Å². The summed E-state index contributed by atoms with van der Waals surface area (Å²) in [6.45, 7) is 0. The molecular formula is C8H8F2N2O3S. The molecule has 0 aliphatic rings. The first-order chi connectivity index (χ1) is 7.28. The van der Waals surface area contributed by atoms with E-state index in [-0.39, 0.29) is 5.69 Å². The van der Waals surface area contributed by atoms with E-state index in [9.17, 15) is 22.0 Å². The van der Waals surface area contributed by atoms with E-state index in [1.807, 2.05) is 5.32 Å². The van der Waals surface area contributed by atoms with Crippen molar-refractivity contribution in [3.63, 3.8) is 0 Å². The smallest absolute Gasteiger partial charge is 0.239 e. The fourth-order valence-electron chi connectivity index (χ4n) is 0.930. The number of nitrogens with zero attached hydrogens (tertiary/aromatic N) is 1. The summed E-state index contributed by atoms with van der Waals surface area (Å²) >= 11 is 0. The third-order valence-electron chi connectivity index (χ3n) is 1.48. The Morgan fingerprint density at radius 1 is 1.44 bits per heavy atom. The van der Waals surface area contributed by atoms with E-state index < -0.39 is 33.4 Å². The van der Waals surface area contributed by atoms with E-state index in [0.29, 0.717) is 0 Å². The van der Waals surface area contributed by atoms with Crippen LogP contribution in [0.5, 0.6) is 0 Å². The number of aromatic nitrogens is 1.